The lowest BCUT2D eigenvalue weighted by Gasteiger charge is -2.20. The van der Waals surface area contributed by atoms with Gasteiger partial charge in [-0.15, -0.1) is 0 Å². The number of rotatable bonds is 9. The Balaban J connectivity index is 1.53. The highest BCUT2D eigenvalue weighted by atomic mass is 16.5. The summed E-state index contributed by atoms with van der Waals surface area (Å²) in [5, 5.41) is 5.64. The van der Waals surface area contributed by atoms with Crippen molar-refractivity contribution >= 4 is 11.8 Å². The van der Waals surface area contributed by atoms with Gasteiger partial charge in [0.25, 0.3) is 5.91 Å². The summed E-state index contributed by atoms with van der Waals surface area (Å²) in [6.07, 6.45) is 8.07. The zero-order valence-corrected chi connectivity index (χ0v) is 16.1. The molecular formula is C21H32N2O3. The largest absolute Gasteiger partial charge is 0.484 e. The molecule has 0 saturated heterocycles. The molecule has 1 fully saturated rings. The molecule has 1 saturated carbocycles. The maximum atomic E-state index is 11.9. The molecule has 144 valence electrons. The van der Waals surface area contributed by atoms with Gasteiger partial charge in [-0.1, -0.05) is 49.8 Å². The second-order valence-corrected chi connectivity index (χ2v) is 7.30. The molecule has 0 aliphatic heterocycles. The molecule has 0 spiro atoms. The van der Waals surface area contributed by atoms with Crippen molar-refractivity contribution in [2.45, 2.75) is 58.8 Å². The van der Waals surface area contributed by atoms with Crippen LogP contribution in [0, 0.1) is 19.8 Å². The lowest BCUT2D eigenvalue weighted by molar-refractivity contribution is -0.124. The summed E-state index contributed by atoms with van der Waals surface area (Å²) >= 11 is 0. The van der Waals surface area contributed by atoms with Gasteiger partial charge in [-0.3, -0.25) is 9.59 Å². The summed E-state index contributed by atoms with van der Waals surface area (Å²) in [5.41, 5.74) is 2.18. The van der Waals surface area contributed by atoms with E-state index in [1.807, 2.05) is 32.0 Å². The van der Waals surface area contributed by atoms with Gasteiger partial charge in [-0.25, -0.2) is 0 Å². The summed E-state index contributed by atoms with van der Waals surface area (Å²) in [4.78, 5) is 23.7. The molecule has 1 aromatic carbocycles. The number of hydrogen-bond donors (Lipinski definition) is 2. The van der Waals surface area contributed by atoms with Crippen molar-refractivity contribution in [1.82, 2.24) is 10.6 Å². The SMILES string of the molecule is Cc1ccc(OCC(=O)NCCNC(=O)CCC2CCCCC2)c(C)c1. The van der Waals surface area contributed by atoms with Crippen molar-refractivity contribution in [2.24, 2.45) is 5.92 Å². The van der Waals surface area contributed by atoms with Gasteiger partial charge >= 0.3 is 0 Å². The lowest BCUT2D eigenvalue weighted by Crippen LogP contribution is -2.36. The normalized spacial score (nSPS) is 14.7. The first-order chi connectivity index (χ1) is 12.5. The number of hydrogen-bond acceptors (Lipinski definition) is 3. The number of ether oxygens (including phenoxy) is 1. The van der Waals surface area contributed by atoms with E-state index in [0.717, 1.165) is 23.7 Å². The van der Waals surface area contributed by atoms with Crippen LogP contribution in [0.2, 0.25) is 0 Å². The molecule has 2 N–H and O–H groups in total. The minimum absolute atomic E-state index is 0.0144. The fourth-order valence-corrected chi connectivity index (χ4v) is 3.46. The van der Waals surface area contributed by atoms with Crippen molar-refractivity contribution in [3.05, 3.63) is 29.3 Å². The number of benzene rings is 1. The van der Waals surface area contributed by atoms with Crippen molar-refractivity contribution in [3.8, 4) is 5.75 Å². The van der Waals surface area contributed by atoms with E-state index in [2.05, 4.69) is 10.6 Å². The van der Waals surface area contributed by atoms with E-state index in [1.165, 1.54) is 37.7 Å². The first-order valence-electron chi connectivity index (χ1n) is 9.78. The van der Waals surface area contributed by atoms with Crippen LogP contribution in [0.25, 0.3) is 0 Å². The fraction of sp³-hybridized carbons (Fsp3) is 0.619. The number of nitrogens with one attached hydrogen (secondary N) is 2. The summed E-state index contributed by atoms with van der Waals surface area (Å²) in [7, 11) is 0. The van der Waals surface area contributed by atoms with E-state index in [-0.39, 0.29) is 18.4 Å². The van der Waals surface area contributed by atoms with Crippen molar-refractivity contribution in [3.63, 3.8) is 0 Å². The van der Waals surface area contributed by atoms with Crippen LogP contribution in [-0.2, 0) is 9.59 Å². The summed E-state index contributed by atoms with van der Waals surface area (Å²) < 4.78 is 5.54. The minimum Gasteiger partial charge on any atom is -0.484 e. The molecule has 1 aliphatic rings. The Hall–Kier alpha value is -2.04. The number of carbonyl (C=O) groups excluding carboxylic acids is 2. The molecule has 26 heavy (non-hydrogen) atoms. The third-order valence-corrected chi connectivity index (χ3v) is 4.96. The first-order valence-corrected chi connectivity index (χ1v) is 9.78. The second-order valence-electron chi connectivity index (χ2n) is 7.30. The molecule has 0 atom stereocenters. The van der Waals surface area contributed by atoms with Crippen LogP contribution in [0.3, 0.4) is 0 Å². The van der Waals surface area contributed by atoms with Gasteiger partial charge in [-0.05, 0) is 37.8 Å². The van der Waals surface area contributed by atoms with E-state index in [4.69, 9.17) is 4.74 Å². The van der Waals surface area contributed by atoms with Crippen molar-refractivity contribution in [2.75, 3.05) is 19.7 Å². The van der Waals surface area contributed by atoms with E-state index in [9.17, 15) is 9.59 Å². The Morgan fingerprint density at radius 2 is 1.73 bits per heavy atom. The standard InChI is InChI=1S/C21H32N2O3/c1-16-8-10-19(17(2)14-16)26-15-21(25)23-13-12-22-20(24)11-9-18-6-4-3-5-7-18/h8,10,14,18H,3-7,9,11-13,15H2,1-2H3,(H,22,24)(H,23,25). The Morgan fingerprint density at radius 1 is 1.04 bits per heavy atom. The molecule has 1 aromatic rings. The van der Waals surface area contributed by atoms with Crippen LogP contribution in [0.15, 0.2) is 18.2 Å². The topological polar surface area (TPSA) is 67.4 Å². The minimum atomic E-state index is -0.179. The highest BCUT2D eigenvalue weighted by Gasteiger charge is 2.14. The average molecular weight is 360 g/mol. The number of aryl methyl sites for hydroxylation is 2. The maximum Gasteiger partial charge on any atom is 0.258 e. The van der Waals surface area contributed by atoms with Crippen LogP contribution < -0.4 is 15.4 Å². The molecule has 0 radical (unpaired) electrons. The summed E-state index contributed by atoms with van der Waals surface area (Å²) in [6, 6.07) is 5.86. The Labute approximate surface area is 156 Å². The van der Waals surface area contributed by atoms with E-state index in [0.29, 0.717) is 19.5 Å². The molecule has 5 heteroatoms. The number of carbonyl (C=O) groups is 2. The Bertz CT molecular complexity index is 595. The van der Waals surface area contributed by atoms with Crippen molar-refractivity contribution in [1.29, 1.82) is 0 Å². The summed E-state index contributed by atoms with van der Waals surface area (Å²) in [6.45, 7) is 4.85. The molecule has 0 unspecified atom stereocenters. The van der Waals surface area contributed by atoms with Gasteiger partial charge in [0.1, 0.15) is 5.75 Å². The van der Waals surface area contributed by atoms with E-state index < -0.39 is 0 Å². The Kier molecular flexibility index (Phi) is 8.45. The molecule has 5 nitrogen and oxygen atoms in total. The molecule has 0 aromatic heterocycles. The quantitative estimate of drug-likeness (QED) is 0.664. The number of amides is 2. The van der Waals surface area contributed by atoms with Crippen LogP contribution >= 0.6 is 0 Å². The van der Waals surface area contributed by atoms with Crippen LogP contribution in [0.5, 0.6) is 5.75 Å². The zero-order valence-electron chi connectivity index (χ0n) is 16.1. The Morgan fingerprint density at radius 3 is 2.42 bits per heavy atom. The monoisotopic (exact) mass is 360 g/mol. The highest BCUT2D eigenvalue weighted by molar-refractivity contribution is 5.78. The lowest BCUT2D eigenvalue weighted by atomic mass is 9.86. The third kappa shape index (κ3) is 7.46. The fourth-order valence-electron chi connectivity index (χ4n) is 3.46. The molecule has 2 amide bonds. The molecule has 1 aliphatic carbocycles. The summed E-state index contributed by atoms with van der Waals surface area (Å²) in [5.74, 6) is 1.34. The predicted octanol–water partition coefficient (Wildman–Crippen LogP) is 3.28. The van der Waals surface area contributed by atoms with Crippen LogP contribution in [0.4, 0.5) is 0 Å². The van der Waals surface area contributed by atoms with E-state index >= 15 is 0 Å². The second kappa shape index (κ2) is 10.8. The molecular weight excluding hydrogens is 328 g/mol. The van der Waals surface area contributed by atoms with Crippen molar-refractivity contribution < 1.29 is 14.3 Å². The molecule has 0 heterocycles. The highest BCUT2D eigenvalue weighted by Crippen LogP contribution is 2.27. The predicted molar refractivity (Wildman–Crippen MR) is 103 cm³/mol. The third-order valence-electron chi connectivity index (χ3n) is 4.96. The smallest absolute Gasteiger partial charge is 0.258 e. The molecule has 0 bridgehead atoms. The average Bonchev–Trinajstić information content (AvgIpc) is 2.63. The van der Waals surface area contributed by atoms with Crippen LogP contribution in [0.1, 0.15) is 56.1 Å². The van der Waals surface area contributed by atoms with Gasteiger partial charge in [0, 0.05) is 19.5 Å². The first kappa shape index (κ1) is 20.3. The van der Waals surface area contributed by atoms with E-state index in [1.54, 1.807) is 0 Å². The molecule has 2 rings (SSSR count). The van der Waals surface area contributed by atoms with Gasteiger partial charge in [0.2, 0.25) is 5.91 Å². The maximum absolute atomic E-state index is 11.9. The van der Waals surface area contributed by atoms with Gasteiger partial charge in [-0.2, -0.15) is 0 Å². The van der Waals surface area contributed by atoms with Gasteiger partial charge in [0.05, 0.1) is 0 Å². The van der Waals surface area contributed by atoms with Gasteiger partial charge < -0.3 is 15.4 Å². The van der Waals surface area contributed by atoms with Crippen LogP contribution in [-0.4, -0.2) is 31.5 Å². The zero-order chi connectivity index (χ0) is 18.8. The van der Waals surface area contributed by atoms with Gasteiger partial charge in [0.15, 0.2) is 6.61 Å².